The van der Waals surface area contributed by atoms with Crippen molar-refractivity contribution in [2.45, 2.75) is 70.8 Å². The van der Waals surface area contributed by atoms with Crippen LogP contribution >= 0.6 is 23.2 Å². The number of alkyl carbamates (subject to hydrolysis) is 1. The Kier molecular flexibility index (Phi) is 11.3. The van der Waals surface area contributed by atoms with Gasteiger partial charge >= 0.3 is 18.7 Å². The van der Waals surface area contributed by atoms with Crippen LogP contribution in [0.5, 0.6) is 11.5 Å². The van der Waals surface area contributed by atoms with Crippen molar-refractivity contribution in [2.75, 3.05) is 6.61 Å². The zero-order valence-electron chi connectivity index (χ0n) is 24.5. The number of amides is 1. The average molecular weight is 652 g/mol. The van der Waals surface area contributed by atoms with E-state index in [1.54, 1.807) is 20.8 Å². The summed E-state index contributed by atoms with van der Waals surface area (Å²) in [6.45, 7) is 2.39. The molecule has 44 heavy (non-hydrogen) atoms. The van der Waals surface area contributed by atoms with Gasteiger partial charge in [-0.1, -0.05) is 59.6 Å². The van der Waals surface area contributed by atoms with Crippen LogP contribution in [0.2, 0.25) is 10.0 Å². The maximum absolute atomic E-state index is 13.8. The Bertz CT molecular complexity index is 1430. The number of aromatic nitrogens is 1. The summed E-state index contributed by atoms with van der Waals surface area (Å²) >= 11 is 12.5. The number of ether oxygens (including phenoxy) is 4. The molecule has 1 fully saturated rings. The van der Waals surface area contributed by atoms with Gasteiger partial charge in [0.15, 0.2) is 11.5 Å². The number of pyridine rings is 1. The molecule has 0 bridgehead atoms. The van der Waals surface area contributed by atoms with Crippen LogP contribution in [-0.2, 0) is 27.1 Å². The number of carbonyl (C=O) groups excluding carboxylic acids is 2. The van der Waals surface area contributed by atoms with Crippen molar-refractivity contribution < 1.29 is 37.3 Å². The first-order valence-corrected chi connectivity index (χ1v) is 14.9. The average Bonchev–Trinajstić information content (AvgIpc) is 3.77. The maximum Gasteiger partial charge on any atom is 0.408 e. The first-order valence-electron chi connectivity index (χ1n) is 14.1. The first kappa shape index (κ1) is 33.3. The Morgan fingerprint density at radius 1 is 1.02 bits per heavy atom. The van der Waals surface area contributed by atoms with E-state index in [0.29, 0.717) is 28.8 Å². The first-order chi connectivity index (χ1) is 20.9. The van der Waals surface area contributed by atoms with Gasteiger partial charge in [0, 0.05) is 19.0 Å². The monoisotopic (exact) mass is 650 g/mol. The number of hydrogen-bond acceptors (Lipinski definition) is 7. The predicted octanol–water partition coefficient (Wildman–Crippen LogP) is 7.74. The molecule has 2 atom stereocenters. The fraction of sp³-hybridized carbons (Fsp3) is 0.406. The molecule has 1 heterocycles. The number of nitrogens with one attached hydrogen (secondary N) is 1. The summed E-state index contributed by atoms with van der Waals surface area (Å²) in [4.78, 5) is 30.8. The topological polar surface area (TPSA) is 96.0 Å². The summed E-state index contributed by atoms with van der Waals surface area (Å²) in [6, 6.07) is 13.8. The lowest BCUT2D eigenvalue weighted by Gasteiger charge is -2.25. The summed E-state index contributed by atoms with van der Waals surface area (Å²) in [5.41, 5.74) is 0.758. The Balaban J connectivity index is 1.66. The summed E-state index contributed by atoms with van der Waals surface area (Å²) in [7, 11) is 0. The molecule has 236 valence electrons. The number of esters is 1. The number of halogens is 4. The van der Waals surface area contributed by atoms with E-state index < -0.39 is 36.4 Å². The number of rotatable bonds is 13. The van der Waals surface area contributed by atoms with Gasteiger partial charge in [0.1, 0.15) is 17.7 Å². The second kappa shape index (κ2) is 14.9. The van der Waals surface area contributed by atoms with Gasteiger partial charge < -0.3 is 24.3 Å². The van der Waals surface area contributed by atoms with Crippen LogP contribution in [-0.4, -0.2) is 41.9 Å². The van der Waals surface area contributed by atoms with E-state index >= 15 is 0 Å². The largest absolute Gasteiger partial charge is 0.489 e. The minimum absolute atomic E-state index is 0.00333. The Morgan fingerprint density at radius 2 is 1.75 bits per heavy atom. The molecular formula is C32H34Cl2F2N2O6. The zero-order chi connectivity index (χ0) is 31.9. The summed E-state index contributed by atoms with van der Waals surface area (Å²) < 4.78 is 48.2. The van der Waals surface area contributed by atoms with Crippen LogP contribution in [0.15, 0.2) is 60.8 Å². The fourth-order valence-electron chi connectivity index (χ4n) is 4.23. The highest BCUT2D eigenvalue weighted by Gasteiger charge is 2.30. The predicted molar refractivity (Wildman–Crippen MR) is 161 cm³/mol. The molecule has 0 saturated heterocycles. The lowest BCUT2D eigenvalue weighted by molar-refractivity contribution is -0.152. The molecule has 4 rings (SSSR count). The van der Waals surface area contributed by atoms with Crippen molar-refractivity contribution in [3.05, 3.63) is 87.7 Å². The van der Waals surface area contributed by atoms with Crippen LogP contribution in [0.25, 0.3) is 0 Å². The Morgan fingerprint density at radius 3 is 2.39 bits per heavy atom. The lowest BCUT2D eigenvalue weighted by atomic mass is 10.0. The fourth-order valence-corrected chi connectivity index (χ4v) is 4.69. The minimum atomic E-state index is -3.06. The summed E-state index contributed by atoms with van der Waals surface area (Å²) in [5.74, 6) is -0.492. The number of benzene rings is 2. The van der Waals surface area contributed by atoms with Crippen molar-refractivity contribution in [2.24, 2.45) is 5.92 Å². The Hall–Kier alpha value is -3.63. The smallest absolute Gasteiger partial charge is 0.408 e. The standard InChI is InChI=1S/C32H34Cl2F2N2O6/c1-32(2,3)44-31(40)38-25(13-19-7-5-4-6-8-19)29(39)42-27(16-24-23(34)15-22(33)17-37-24)21-11-12-26(43-30(35)36)28(14-21)41-18-20-9-10-20/h4-8,11-12,14-15,17,20,25,27,30H,9-10,13,16,18H2,1-3H3,(H,38,40)/t25-,27+/m1/s1. The van der Waals surface area contributed by atoms with E-state index in [4.69, 9.17) is 37.4 Å². The number of alkyl halides is 2. The van der Waals surface area contributed by atoms with E-state index in [-0.39, 0.29) is 29.4 Å². The van der Waals surface area contributed by atoms with Gasteiger partial charge in [-0.15, -0.1) is 0 Å². The van der Waals surface area contributed by atoms with Gasteiger partial charge in [-0.05, 0) is 68.9 Å². The number of carbonyl (C=O) groups is 2. The van der Waals surface area contributed by atoms with Crippen molar-refractivity contribution in [1.29, 1.82) is 0 Å². The SMILES string of the molecule is CC(C)(C)OC(=O)N[C@H](Cc1ccccc1)C(=O)O[C@@H](Cc1ncc(Cl)cc1Cl)c1ccc(OC(F)F)c(OCC2CC2)c1. The molecule has 0 spiro atoms. The van der Waals surface area contributed by atoms with Crippen molar-refractivity contribution >= 4 is 35.3 Å². The molecule has 0 radical (unpaired) electrons. The van der Waals surface area contributed by atoms with Crippen LogP contribution in [0, 0.1) is 5.92 Å². The number of nitrogens with zero attached hydrogens (tertiary/aromatic N) is 1. The van der Waals surface area contributed by atoms with E-state index in [1.807, 2.05) is 30.3 Å². The van der Waals surface area contributed by atoms with Crippen LogP contribution in [0.3, 0.4) is 0 Å². The molecule has 1 aliphatic carbocycles. The highest BCUT2D eigenvalue weighted by atomic mass is 35.5. The second-order valence-electron chi connectivity index (χ2n) is 11.4. The van der Waals surface area contributed by atoms with Crippen LogP contribution in [0.4, 0.5) is 13.6 Å². The van der Waals surface area contributed by atoms with Gasteiger partial charge in [0.2, 0.25) is 0 Å². The quantitative estimate of drug-likeness (QED) is 0.189. The van der Waals surface area contributed by atoms with Gasteiger partial charge in [-0.3, -0.25) is 4.98 Å². The minimum Gasteiger partial charge on any atom is -0.489 e. The van der Waals surface area contributed by atoms with Crippen molar-refractivity contribution in [1.82, 2.24) is 10.3 Å². The highest BCUT2D eigenvalue weighted by Crippen LogP contribution is 2.37. The molecule has 2 aromatic carbocycles. The summed E-state index contributed by atoms with van der Waals surface area (Å²) in [5, 5.41) is 3.19. The van der Waals surface area contributed by atoms with Gasteiger partial charge in [-0.2, -0.15) is 8.78 Å². The Labute approximate surface area is 264 Å². The van der Waals surface area contributed by atoms with Crippen molar-refractivity contribution in [3.63, 3.8) is 0 Å². The molecule has 1 aliphatic rings. The third-order valence-electron chi connectivity index (χ3n) is 6.51. The van der Waals surface area contributed by atoms with E-state index in [2.05, 4.69) is 15.0 Å². The third kappa shape index (κ3) is 10.5. The van der Waals surface area contributed by atoms with E-state index in [1.165, 1.54) is 30.5 Å². The molecule has 0 aliphatic heterocycles. The zero-order valence-corrected chi connectivity index (χ0v) is 26.0. The number of hydrogen-bond donors (Lipinski definition) is 1. The molecule has 12 heteroatoms. The lowest BCUT2D eigenvalue weighted by Crippen LogP contribution is -2.45. The molecule has 3 aromatic rings. The molecule has 0 unspecified atom stereocenters. The molecule has 1 saturated carbocycles. The third-order valence-corrected chi connectivity index (χ3v) is 7.04. The molecule has 1 aromatic heterocycles. The van der Waals surface area contributed by atoms with Gasteiger partial charge in [0.25, 0.3) is 0 Å². The van der Waals surface area contributed by atoms with E-state index in [9.17, 15) is 18.4 Å². The molecule has 1 amide bonds. The van der Waals surface area contributed by atoms with Crippen LogP contribution < -0.4 is 14.8 Å². The van der Waals surface area contributed by atoms with Gasteiger partial charge in [0.05, 0.1) is 22.3 Å². The van der Waals surface area contributed by atoms with Crippen LogP contribution in [0.1, 0.15) is 56.5 Å². The highest BCUT2D eigenvalue weighted by molar-refractivity contribution is 6.34. The molecular weight excluding hydrogens is 617 g/mol. The normalized spacial score (nSPS) is 14.5. The molecule has 1 N–H and O–H groups in total. The maximum atomic E-state index is 13.8. The van der Waals surface area contributed by atoms with Crippen molar-refractivity contribution in [3.8, 4) is 11.5 Å². The summed E-state index contributed by atoms with van der Waals surface area (Å²) in [6.07, 6.45) is 1.69. The molecule has 8 nitrogen and oxygen atoms in total. The second-order valence-corrected chi connectivity index (χ2v) is 12.3. The van der Waals surface area contributed by atoms with Gasteiger partial charge in [-0.25, -0.2) is 9.59 Å². The van der Waals surface area contributed by atoms with E-state index in [0.717, 1.165) is 18.4 Å².